The van der Waals surface area contributed by atoms with Crippen LogP contribution in [-0.2, 0) is 25.6 Å². The van der Waals surface area contributed by atoms with Crippen LogP contribution in [0.5, 0.6) is 23.0 Å². The van der Waals surface area contributed by atoms with Crippen molar-refractivity contribution in [3.8, 4) is 44.1 Å². The van der Waals surface area contributed by atoms with Gasteiger partial charge in [0, 0.05) is 38.8 Å². The molecule has 3 rings (SSSR count). The Kier molecular flexibility index (Phi) is 7.92. The van der Waals surface area contributed by atoms with E-state index >= 15 is 0 Å². The summed E-state index contributed by atoms with van der Waals surface area (Å²) in [5.41, 5.74) is 2.03. The Morgan fingerprint density at radius 3 is 1.71 bits per heavy atom. The van der Waals surface area contributed by atoms with Crippen molar-refractivity contribution in [3.05, 3.63) is 35.9 Å². The van der Waals surface area contributed by atoms with Gasteiger partial charge in [-0.05, 0) is 42.3 Å². The molecular weight excluding hydrogens is 476 g/mol. The minimum atomic E-state index is -0.577. The van der Waals surface area contributed by atoms with Crippen LogP contribution < -0.4 is 18.9 Å². The van der Waals surface area contributed by atoms with E-state index in [1.807, 2.05) is 6.92 Å². The molecule has 0 spiro atoms. The molecule has 0 fully saturated rings. The molecule has 0 bridgehead atoms. The molecule has 1 heterocycles. The number of benzene rings is 2. The van der Waals surface area contributed by atoms with Crippen molar-refractivity contribution in [2.45, 2.75) is 41.0 Å². The lowest BCUT2D eigenvalue weighted by Crippen LogP contribution is -2.08. The second-order valence-corrected chi connectivity index (χ2v) is 8.24. The summed E-state index contributed by atoms with van der Waals surface area (Å²) in [4.78, 5) is 46.0. The third kappa shape index (κ3) is 6.48. The highest BCUT2D eigenvalue weighted by molar-refractivity contribution is 7.17. The Morgan fingerprint density at radius 2 is 1.17 bits per heavy atom. The van der Waals surface area contributed by atoms with Gasteiger partial charge in [0.15, 0.2) is 23.0 Å². The summed E-state index contributed by atoms with van der Waals surface area (Å²) in [7, 11) is 0. The van der Waals surface area contributed by atoms with E-state index in [1.54, 1.807) is 18.2 Å². The van der Waals surface area contributed by atoms with Gasteiger partial charge in [0.2, 0.25) is 0 Å². The van der Waals surface area contributed by atoms with Crippen LogP contribution in [0.3, 0.4) is 0 Å². The molecule has 35 heavy (non-hydrogen) atoms. The fourth-order valence-electron chi connectivity index (χ4n) is 3.13. The second kappa shape index (κ2) is 10.9. The fraction of sp³-hybridized carbons (Fsp3) is 0.250. The highest BCUT2D eigenvalue weighted by atomic mass is 32.1. The predicted molar refractivity (Wildman–Crippen MR) is 125 cm³/mol. The van der Waals surface area contributed by atoms with Gasteiger partial charge in [0.25, 0.3) is 0 Å². The van der Waals surface area contributed by atoms with Crippen molar-refractivity contribution in [3.63, 3.8) is 0 Å². The molecule has 0 unspecified atom stereocenters. The van der Waals surface area contributed by atoms with Crippen molar-refractivity contribution >= 4 is 35.2 Å². The van der Waals surface area contributed by atoms with E-state index in [1.165, 1.54) is 51.2 Å². The van der Waals surface area contributed by atoms with E-state index in [-0.39, 0.29) is 23.0 Å². The first kappa shape index (κ1) is 25.5. The van der Waals surface area contributed by atoms with Crippen LogP contribution in [0.4, 0.5) is 0 Å². The quantitative estimate of drug-likeness (QED) is 0.346. The third-order valence-electron chi connectivity index (χ3n) is 4.41. The molecule has 0 aliphatic carbocycles. The fourth-order valence-corrected chi connectivity index (χ4v) is 4.02. The predicted octanol–water partition coefficient (Wildman–Crippen LogP) is 4.14. The van der Waals surface area contributed by atoms with Crippen molar-refractivity contribution < 1.29 is 38.1 Å². The normalized spacial score (nSPS) is 10.4. The van der Waals surface area contributed by atoms with Gasteiger partial charge in [-0.3, -0.25) is 19.2 Å². The van der Waals surface area contributed by atoms with Gasteiger partial charge >= 0.3 is 23.9 Å². The van der Waals surface area contributed by atoms with E-state index in [9.17, 15) is 19.2 Å². The lowest BCUT2D eigenvalue weighted by Gasteiger charge is -2.13. The molecule has 0 atom stereocenters. The van der Waals surface area contributed by atoms with Crippen LogP contribution in [0, 0.1) is 0 Å². The van der Waals surface area contributed by atoms with Gasteiger partial charge in [-0.15, -0.1) is 10.2 Å². The van der Waals surface area contributed by atoms with E-state index in [0.29, 0.717) is 27.6 Å². The molecule has 0 aliphatic heterocycles. The van der Waals surface area contributed by atoms with Crippen LogP contribution in [0.25, 0.3) is 21.1 Å². The molecule has 0 amide bonds. The van der Waals surface area contributed by atoms with E-state index < -0.39 is 23.9 Å². The molecule has 0 saturated heterocycles. The summed E-state index contributed by atoms with van der Waals surface area (Å²) < 4.78 is 20.7. The lowest BCUT2D eigenvalue weighted by atomic mass is 10.0. The zero-order valence-corrected chi connectivity index (χ0v) is 20.5. The van der Waals surface area contributed by atoms with Gasteiger partial charge in [0.1, 0.15) is 10.0 Å². The van der Waals surface area contributed by atoms with Crippen LogP contribution >= 0.6 is 11.3 Å². The molecule has 10 nitrogen and oxygen atoms in total. The number of hydrogen-bond acceptors (Lipinski definition) is 11. The van der Waals surface area contributed by atoms with Crippen LogP contribution in [0.1, 0.15) is 40.2 Å². The second-order valence-electron chi connectivity index (χ2n) is 7.26. The summed E-state index contributed by atoms with van der Waals surface area (Å²) >= 11 is 1.24. The zero-order chi connectivity index (χ0) is 25.7. The average Bonchev–Trinajstić information content (AvgIpc) is 3.24. The summed E-state index contributed by atoms with van der Waals surface area (Å²) in [6.07, 6.45) is 0.576. The molecule has 3 aromatic rings. The van der Waals surface area contributed by atoms with Crippen molar-refractivity contribution in [1.82, 2.24) is 10.2 Å². The molecule has 0 radical (unpaired) electrons. The maximum atomic E-state index is 11.6. The van der Waals surface area contributed by atoms with Crippen LogP contribution in [-0.4, -0.2) is 34.1 Å². The standard InChI is InChI=1S/C24H22N2O8S/c1-6-16-9-21(33-14(4)29)22(34-15(5)30)11-18(16)24-26-25-23(35-24)17-7-8-19(31-12(2)27)20(10-17)32-13(3)28/h7-11H,6H2,1-5H3. The Labute approximate surface area is 204 Å². The highest BCUT2D eigenvalue weighted by Crippen LogP contribution is 2.40. The topological polar surface area (TPSA) is 131 Å². The number of nitrogens with zero attached hydrogens (tertiary/aromatic N) is 2. The van der Waals surface area contributed by atoms with Gasteiger partial charge in [-0.2, -0.15) is 0 Å². The SMILES string of the molecule is CCc1cc(OC(C)=O)c(OC(C)=O)cc1-c1nnc(-c2ccc(OC(C)=O)c(OC(C)=O)c2)s1. The first-order valence-corrected chi connectivity index (χ1v) is 11.3. The van der Waals surface area contributed by atoms with Crippen LogP contribution in [0.2, 0.25) is 0 Å². The van der Waals surface area contributed by atoms with E-state index in [4.69, 9.17) is 18.9 Å². The first-order valence-electron chi connectivity index (χ1n) is 10.5. The minimum Gasteiger partial charge on any atom is -0.423 e. The summed E-state index contributed by atoms with van der Waals surface area (Å²) in [5.74, 6) is -1.88. The Morgan fingerprint density at radius 1 is 0.686 bits per heavy atom. The lowest BCUT2D eigenvalue weighted by molar-refractivity contribution is -0.134. The first-order chi connectivity index (χ1) is 16.6. The zero-order valence-electron chi connectivity index (χ0n) is 19.7. The van der Waals surface area contributed by atoms with Gasteiger partial charge in [-0.25, -0.2) is 0 Å². The largest absolute Gasteiger partial charge is 0.423 e. The molecule has 0 aliphatic rings. The van der Waals surface area contributed by atoms with Crippen LogP contribution in [0.15, 0.2) is 30.3 Å². The smallest absolute Gasteiger partial charge is 0.308 e. The molecule has 2 aromatic carbocycles. The van der Waals surface area contributed by atoms with Crippen molar-refractivity contribution in [2.75, 3.05) is 0 Å². The molecule has 11 heteroatoms. The number of esters is 4. The number of aryl methyl sites for hydroxylation is 1. The van der Waals surface area contributed by atoms with Gasteiger partial charge in [-0.1, -0.05) is 18.3 Å². The van der Waals surface area contributed by atoms with Gasteiger partial charge in [0.05, 0.1) is 0 Å². The molecule has 0 saturated carbocycles. The monoisotopic (exact) mass is 498 g/mol. The summed E-state index contributed by atoms with van der Waals surface area (Å²) in [6, 6.07) is 7.89. The molecule has 0 N–H and O–H groups in total. The number of aromatic nitrogens is 2. The number of rotatable bonds is 7. The molecule has 1 aromatic heterocycles. The summed E-state index contributed by atoms with van der Waals surface area (Å²) in [5, 5.41) is 9.54. The number of carbonyl (C=O) groups is 4. The Bertz CT molecular complexity index is 1310. The maximum Gasteiger partial charge on any atom is 0.308 e. The number of ether oxygens (including phenoxy) is 4. The number of carbonyl (C=O) groups excluding carboxylic acids is 4. The maximum absolute atomic E-state index is 11.6. The highest BCUT2D eigenvalue weighted by Gasteiger charge is 2.20. The van der Waals surface area contributed by atoms with E-state index in [0.717, 1.165) is 5.56 Å². The van der Waals surface area contributed by atoms with Crippen molar-refractivity contribution in [2.24, 2.45) is 0 Å². The minimum absolute atomic E-state index is 0.0686. The molecule has 182 valence electrons. The Balaban J connectivity index is 2.05. The number of hydrogen-bond donors (Lipinski definition) is 0. The third-order valence-corrected chi connectivity index (χ3v) is 5.42. The van der Waals surface area contributed by atoms with Gasteiger partial charge < -0.3 is 18.9 Å². The Hall–Kier alpha value is -4.12. The van der Waals surface area contributed by atoms with Crippen molar-refractivity contribution in [1.29, 1.82) is 0 Å². The average molecular weight is 499 g/mol. The molecular formula is C24H22N2O8S. The summed E-state index contributed by atoms with van der Waals surface area (Å²) in [6.45, 7) is 6.90. The van der Waals surface area contributed by atoms with E-state index in [2.05, 4.69) is 10.2 Å².